The molecule has 1 atom stereocenters. The Hall–Kier alpha value is -1.64. The highest BCUT2D eigenvalue weighted by Gasteiger charge is 2.30. The van der Waals surface area contributed by atoms with E-state index < -0.39 is 16.0 Å². The van der Waals surface area contributed by atoms with Crippen molar-refractivity contribution in [3.05, 3.63) is 23.8 Å². The zero-order valence-corrected chi connectivity index (χ0v) is 14.8. The standard InChI is InChI=1S/C16H24N2O5S/c1-22-14-9-12(16(19)23-2)7-8-15(14)24(20,21)18-13(10-17)11-5-3-4-6-11/h7-9,11,13,18H,3-6,10,17H2,1-2H3. The molecule has 24 heavy (non-hydrogen) atoms. The monoisotopic (exact) mass is 356 g/mol. The van der Waals surface area contributed by atoms with Crippen LogP contribution in [-0.2, 0) is 14.8 Å². The molecule has 1 saturated carbocycles. The summed E-state index contributed by atoms with van der Waals surface area (Å²) in [4.78, 5) is 11.6. The third kappa shape index (κ3) is 4.06. The van der Waals surface area contributed by atoms with Crippen molar-refractivity contribution in [3.63, 3.8) is 0 Å². The summed E-state index contributed by atoms with van der Waals surface area (Å²) in [6.45, 7) is 0.243. The van der Waals surface area contributed by atoms with Gasteiger partial charge in [0.05, 0.1) is 19.8 Å². The first kappa shape index (κ1) is 18.7. The lowest BCUT2D eigenvalue weighted by molar-refractivity contribution is 0.0600. The van der Waals surface area contributed by atoms with Crippen LogP contribution in [-0.4, -0.2) is 41.2 Å². The number of esters is 1. The molecule has 1 aromatic rings. The lowest BCUT2D eigenvalue weighted by Crippen LogP contribution is -2.44. The minimum Gasteiger partial charge on any atom is -0.495 e. The van der Waals surface area contributed by atoms with Gasteiger partial charge in [-0.2, -0.15) is 0 Å². The van der Waals surface area contributed by atoms with Crippen molar-refractivity contribution in [1.29, 1.82) is 0 Å². The number of carbonyl (C=O) groups is 1. The predicted molar refractivity (Wildman–Crippen MR) is 89.5 cm³/mol. The predicted octanol–water partition coefficient (Wildman–Crippen LogP) is 1.28. The Bertz CT molecular complexity index is 684. The van der Waals surface area contributed by atoms with Crippen LogP contribution in [0.25, 0.3) is 0 Å². The van der Waals surface area contributed by atoms with Crippen molar-refractivity contribution >= 4 is 16.0 Å². The molecule has 0 radical (unpaired) electrons. The maximum absolute atomic E-state index is 12.7. The Labute approximate surface area is 142 Å². The number of rotatable bonds is 7. The second-order valence-electron chi connectivity index (χ2n) is 5.87. The molecule has 7 nitrogen and oxygen atoms in total. The topological polar surface area (TPSA) is 108 Å². The summed E-state index contributed by atoms with van der Waals surface area (Å²) in [5.74, 6) is -0.214. The van der Waals surface area contributed by atoms with Gasteiger partial charge in [-0.3, -0.25) is 0 Å². The Kier molecular flexibility index (Phi) is 6.20. The number of hydrogen-bond acceptors (Lipinski definition) is 6. The van der Waals surface area contributed by atoms with Gasteiger partial charge in [-0.25, -0.2) is 17.9 Å². The molecule has 0 aromatic heterocycles. The highest BCUT2D eigenvalue weighted by molar-refractivity contribution is 7.89. The molecule has 0 spiro atoms. The van der Waals surface area contributed by atoms with Gasteiger partial charge in [0.1, 0.15) is 10.6 Å². The highest BCUT2D eigenvalue weighted by Crippen LogP contribution is 2.30. The van der Waals surface area contributed by atoms with Crippen LogP contribution in [0.2, 0.25) is 0 Å². The zero-order chi connectivity index (χ0) is 17.7. The highest BCUT2D eigenvalue weighted by atomic mass is 32.2. The molecule has 1 unspecified atom stereocenters. The van der Waals surface area contributed by atoms with E-state index in [-0.39, 0.29) is 34.7 Å². The molecule has 1 aromatic carbocycles. The van der Waals surface area contributed by atoms with E-state index in [1.54, 1.807) is 0 Å². The summed E-state index contributed by atoms with van der Waals surface area (Å²) in [5.41, 5.74) is 5.99. The number of nitrogens with two attached hydrogens (primary N) is 1. The molecular weight excluding hydrogens is 332 g/mol. The molecule has 0 heterocycles. The first-order valence-corrected chi connectivity index (χ1v) is 9.40. The van der Waals surface area contributed by atoms with E-state index in [1.807, 2.05) is 0 Å². The molecule has 1 aliphatic carbocycles. The number of benzene rings is 1. The second-order valence-corrected chi connectivity index (χ2v) is 7.55. The smallest absolute Gasteiger partial charge is 0.337 e. The van der Waals surface area contributed by atoms with Crippen molar-refractivity contribution in [1.82, 2.24) is 4.72 Å². The average molecular weight is 356 g/mol. The van der Waals surface area contributed by atoms with Crippen LogP contribution < -0.4 is 15.2 Å². The molecule has 0 amide bonds. The van der Waals surface area contributed by atoms with Crippen molar-refractivity contribution in [2.24, 2.45) is 11.7 Å². The van der Waals surface area contributed by atoms with Crippen molar-refractivity contribution in [2.75, 3.05) is 20.8 Å². The van der Waals surface area contributed by atoms with Crippen LogP contribution >= 0.6 is 0 Å². The second kappa shape index (κ2) is 7.96. The van der Waals surface area contributed by atoms with Gasteiger partial charge in [0.2, 0.25) is 10.0 Å². The zero-order valence-electron chi connectivity index (χ0n) is 13.9. The number of carbonyl (C=O) groups excluding carboxylic acids is 1. The quantitative estimate of drug-likeness (QED) is 0.713. The molecule has 1 aliphatic rings. The Morgan fingerprint density at radius 2 is 2.00 bits per heavy atom. The van der Waals surface area contributed by atoms with Crippen LogP contribution in [0.1, 0.15) is 36.0 Å². The molecule has 3 N–H and O–H groups in total. The van der Waals surface area contributed by atoms with Gasteiger partial charge < -0.3 is 15.2 Å². The molecule has 1 fully saturated rings. The van der Waals surface area contributed by atoms with Gasteiger partial charge in [-0.1, -0.05) is 12.8 Å². The van der Waals surface area contributed by atoms with Gasteiger partial charge >= 0.3 is 5.97 Å². The van der Waals surface area contributed by atoms with Crippen LogP contribution in [0.15, 0.2) is 23.1 Å². The number of methoxy groups -OCH3 is 2. The van der Waals surface area contributed by atoms with E-state index in [2.05, 4.69) is 9.46 Å². The summed E-state index contributed by atoms with van der Waals surface area (Å²) in [7, 11) is -1.20. The molecule has 0 bridgehead atoms. The van der Waals surface area contributed by atoms with Gasteiger partial charge in [-0.15, -0.1) is 0 Å². The SMILES string of the molecule is COC(=O)c1ccc(S(=O)(=O)NC(CN)C2CCCC2)c(OC)c1. The summed E-state index contributed by atoms with van der Waals surface area (Å²) in [6.07, 6.45) is 4.14. The molecule has 134 valence electrons. The van der Waals surface area contributed by atoms with Gasteiger partial charge in [-0.05, 0) is 37.0 Å². The molecule has 0 saturated heterocycles. The van der Waals surface area contributed by atoms with E-state index in [9.17, 15) is 13.2 Å². The van der Waals surface area contributed by atoms with E-state index >= 15 is 0 Å². The third-order valence-electron chi connectivity index (χ3n) is 4.40. The molecule has 0 aliphatic heterocycles. The summed E-state index contributed by atoms with van der Waals surface area (Å²) < 4.78 is 37.9. The minimum absolute atomic E-state index is 0.0194. The fourth-order valence-corrected chi connectivity index (χ4v) is 4.56. The average Bonchev–Trinajstić information content (AvgIpc) is 3.12. The Morgan fingerprint density at radius 1 is 1.33 bits per heavy atom. The number of sulfonamides is 1. The number of hydrogen-bond donors (Lipinski definition) is 2. The van der Waals surface area contributed by atoms with Crippen molar-refractivity contribution in [2.45, 2.75) is 36.6 Å². The van der Waals surface area contributed by atoms with E-state index in [0.29, 0.717) is 0 Å². The Balaban J connectivity index is 2.28. The molecular formula is C16H24N2O5S. The van der Waals surface area contributed by atoms with Crippen LogP contribution in [0.3, 0.4) is 0 Å². The van der Waals surface area contributed by atoms with Gasteiger partial charge in [0, 0.05) is 12.6 Å². The molecule has 2 rings (SSSR count). The summed E-state index contributed by atoms with van der Waals surface area (Å²) >= 11 is 0. The van der Waals surface area contributed by atoms with Crippen LogP contribution in [0, 0.1) is 5.92 Å². The van der Waals surface area contributed by atoms with Crippen molar-refractivity contribution < 1.29 is 22.7 Å². The lowest BCUT2D eigenvalue weighted by atomic mass is 9.99. The fraction of sp³-hybridized carbons (Fsp3) is 0.562. The van der Waals surface area contributed by atoms with Crippen molar-refractivity contribution in [3.8, 4) is 5.75 Å². The first-order chi connectivity index (χ1) is 11.4. The van der Waals surface area contributed by atoms with Gasteiger partial charge in [0.15, 0.2) is 0 Å². The maximum atomic E-state index is 12.7. The normalized spacial score (nSPS) is 16.8. The first-order valence-electron chi connectivity index (χ1n) is 7.91. The van der Waals surface area contributed by atoms with E-state index in [4.69, 9.17) is 10.5 Å². The summed E-state index contributed by atoms with van der Waals surface area (Å²) in [5, 5.41) is 0. The van der Waals surface area contributed by atoms with Crippen LogP contribution in [0.4, 0.5) is 0 Å². The largest absolute Gasteiger partial charge is 0.495 e. The third-order valence-corrected chi connectivity index (χ3v) is 5.93. The van der Waals surface area contributed by atoms with Gasteiger partial charge in [0.25, 0.3) is 0 Å². The Morgan fingerprint density at radius 3 is 2.54 bits per heavy atom. The van der Waals surface area contributed by atoms with Crippen LogP contribution in [0.5, 0.6) is 5.75 Å². The maximum Gasteiger partial charge on any atom is 0.337 e. The van der Waals surface area contributed by atoms with E-state index in [1.165, 1.54) is 32.4 Å². The summed E-state index contributed by atoms with van der Waals surface area (Å²) in [6, 6.07) is 3.79. The fourth-order valence-electron chi connectivity index (χ4n) is 3.09. The number of ether oxygens (including phenoxy) is 2. The minimum atomic E-state index is -3.81. The van der Waals surface area contributed by atoms with E-state index in [0.717, 1.165) is 25.7 Å². The molecule has 8 heteroatoms. The number of nitrogens with one attached hydrogen (secondary N) is 1. The lowest BCUT2D eigenvalue weighted by Gasteiger charge is -2.23.